The van der Waals surface area contributed by atoms with Crippen LogP contribution in [-0.2, 0) is 0 Å². The molecule has 0 spiro atoms. The van der Waals surface area contributed by atoms with E-state index in [0.717, 1.165) is 12.0 Å². The SMILES string of the molecule is CNC(=O)c1ccc(NCCCNc2ccc(C)cc2[N+](=O)[O-])nn1. The molecule has 0 aliphatic rings. The zero-order valence-corrected chi connectivity index (χ0v) is 14.1. The molecule has 132 valence electrons. The van der Waals surface area contributed by atoms with Gasteiger partial charge in [0.05, 0.1) is 4.92 Å². The van der Waals surface area contributed by atoms with Crippen molar-refractivity contribution in [1.29, 1.82) is 0 Å². The third kappa shape index (κ3) is 5.13. The number of rotatable bonds is 8. The number of carbonyl (C=O) groups excluding carboxylic acids is 1. The minimum Gasteiger partial charge on any atom is -0.379 e. The highest BCUT2D eigenvalue weighted by atomic mass is 16.6. The number of carbonyl (C=O) groups is 1. The van der Waals surface area contributed by atoms with Gasteiger partial charge in [-0.15, -0.1) is 10.2 Å². The van der Waals surface area contributed by atoms with Gasteiger partial charge in [-0.1, -0.05) is 6.07 Å². The number of benzene rings is 1. The largest absolute Gasteiger partial charge is 0.379 e. The molecule has 0 radical (unpaired) electrons. The maximum absolute atomic E-state index is 11.4. The van der Waals surface area contributed by atoms with Crippen molar-refractivity contribution in [3.05, 3.63) is 51.7 Å². The molecule has 9 heteroatoms. The van der Waals surface area contributed by atoms with Crippen molar-refractivity contribution in [3.63, 3.8) is 0 Å². The van der Waals surface area contributed by atoms with E-state index in [0.29, 0.717) is 24.6 Å². The molecule has 0 saturated carbocycles. The zero-order valence-electron chi connectivity index (χ0n) is 14.1. The fraction of sp³-hybridized carbons (Fsp3) is 0.312. The predicted octanol–water partition coefficient (Wildman–Crippen LogP) is 1.97. The number of hydrogen-bond acceptors (Lipinski definition) is 7. The average molecular weight is 344 g/mol. The van der Waals surface area contributed by atoms with Gasteiger partial charge in [0.1, 0.15) is 11.5 Å². The summed E-state index contributed by atoms with van der Waals surface area (Å²) in [5, 5.41) is 27.4. The molecule has 9 nitrogen and oxygen atoms in total. The number of amides is 1. The smallest absolute Gasteiger partial charge is 0.292 e. The van der Waals surface area contributed by atoms with Crippen molar-refractivity contribution in [1.82, 2.24) is 15.5 Å². The van der Waals surface area contributed by atoms with Crippen LogP contribution in [-0.4, -0.2) is 41.2 Å². The number of aromatic nitrogens is 2. The van der Waals surface area contributed by atoms with Crippen molar-refractivity contribution >= 4 is 23.1 Å². The Morgan fingerprint density at radius 2 is 1.92 bits per heavy atom. The fourth-order valence-corrected chi connectivity index (χ4v) is 2.15. The molecule has 0 bridgehead atoms. The number of aryl methyl sites for hydroxylation is 1. The molecule has 0 unspecified atom stereocenters. The normalized spacial score (nSPS) is 10.2. The topological polar surface area (TPSA) is 122 Å². The molecule has 0 aliphatic heterocycles. The van der Waals surface area contributed by atoms with Crippen LogP contribution in [0.1, 0.15) is 22.5 Å². The van der Waals surface area contributed by atoms with Gasteiger partial charge in [-0.05, 0) is 37.1 Å². The van der Waals surface area contributed by atoms with E-state index in [1.807, 2.05) is 13.0 Å². The van der Waals surface area contributed by atoms with E-state index in [2.05, 4.69) is 26.1 Å². The van der Waals surface area contributed by atoms with Crippen LogP contribution in [0.3, 0.4) is 0 Å². The number of nitrogens with one attached hydrogen (secondary N) is 3. The Balaban J connectivity index is 1.79. The Bertz CT molecular complexity index is 748. The van der Waals surface area contributed by atoms with E-state index in [-0.39, 0.29) is 17.3 Å². The number of nitro groups is 1. The van der Waals surface area contributed by atoms with Crippen LogP contribution >= 0.6 is 0 Å². The summed E-state index contributed by atoms with van der Waals surface area (Å²) in [5.41, 5.74) is 1.67. The molecule has 0 atom stereocenters. The zero-order chi connectivity index (χ0) is 18.2. The molecule has 3 N–H and O–H groups in total. The Kier molecular flexibility index (Phi) is 6.21. The van der Waals surface area contributed by atoms with Gasteiger partial charge < -0.3 is 16.0 Å². The maximum Gasteiger partial charge on any atom is 0.292 e. The molecule has 1 heterocycles. The molecule has 1 aromatic heterocycles. The standard InChI is InChI=1S/C16H20N6O3/c1-11-4-5-12(14(10-11)22(24)25)18-8-3-9-19-15-7-6-13(20-21-15)16(23)17-2/h4-7,10,18H,3,8-9H2,1-2H3,(H,17,23)(H,19,21). The Morgan fingerprint density at radius 3 is 2.56 bits per heavy atom. The summed E-state index contributed by atoms with van der Waals surface area (Å²) < 4.78 is 0. The average Bonchev–Trinajstić information content (AvgIpc) is 2.62. The van der Waals surface area contributed by atoms with E-state index >= 15 is 0 Å². The second-order valence-corrected chi connectivity index (χ2v) is 5.37. The van der Waals surface area contributed by atoms with Crippen LogP contribution in [0.4, 0.5) is 17.2 Å². The molecule has 1 amide bonds. The van der Waals surface area contributed by atoms with Gasteiger partial charge in [0.2, 0.25) is 0 Å². The fourth-order valence-electron chi connectivity index (χ4n) is 2.15. The maximum atomic E-state index is 11.4. The van der Waals surface area contributed by atoms with Gasteiger partial charge in [-0.25, -0.2) is 0 Å². The summed E-state index contributed by atoms with van der Waals surface area (Å²) in [6.07, 6.45) is 0.726. The number of anilines is 2. The third-order valence-corrected chi connectivity index (χ3v) is 3.45. The number of nitrogens with zero attached hydrogens (tertiary/aromatic N) is 3. The lowest BCUT2D eigenvalue weighted by Crippen LogP contribution is -2.20. The monoisotopic (exact) mass is 344 g/mol. The quantitative estimate of drug-likeness (QED) is 0.380. The van der Waals surface area contributed by atoms with Gasteiger partial charge in [-0.3, -0.25) is 14.9 Å². The second-order valence-electron chi connectivity index (χ2n) is 5.37. The summed E-state index contributed by atoms with van der Waals surface area (Å²) >= 11 is 0. The van der Waals surface area contributed by atoms with E-state index in [4.69, 9.17) is 0 Å². The van der Waals surface area contributed by atoms with Gasteiger partial charge in [-0.2, -0.15) is 0 Å². The van der Waals surface area contributed by atoms with Crippen LogP contribution in [0.15, 0.2) is 30.3 Å². The Labute approximate surface area is 145 Å². The first-order valence-electron chi connectivity index (χ1n) is 7.80. The summed E-state index contributed by atoms with van der Waals surface area (Å²) in [7, 11) is 1.53. The van der Waals surface area contributed by atoms with Crippen LogP contribution in [0.25, 0.3) is 0 Å². The van der Waals surface area contributed by atoms with Crippen LogP contribution in [0.2, 0.25) is 0 Å². The van der Waals surface area contributed by atoms with Crippen molar-refractivity contribution < 1.29 is 9.72 Å². The molecule has 0 saturated heterocycles. The molecule has 25 heavy (non-hydrogen) atoms. The van der Waals surface area contributed by atoms with Gasteiger partial charge in [0.15, 0.2) is 5.69 Å². The minimum absolute atomic E-state index is 0.0728. The molecular weight excluding hydrogens is 324 g/mol. The van der Waals surface area contributed by atoms with Crippen molar-refractivity contribution in [3.8, 4) is 0 Å². The third-order valence-electron chi connectivity index (χ3n) is 3.45. The molecular formula is C16H20N6O3. The summed E-state index contributed by atoms with van der Waals surface area (Å²) in [6.45, 7) is 3.00. The van der Waals surface area contributed by atoms with Crippen LogP contribution in [0, 0.1) is 17.0 Å². The first-order valence-corrected chi connectivity index (χ1v) is 7.80. The van der Waals surface area contributed by atoms with Gasteiger partial charge in [0, 0.05) is 26.2 Å². The molecule has 2 aromatic rings. The first-order chi connectivity index (χ1) is 12.0. The van der Waals surface area contributed by atoms with E-state index in [9.17, 15) is 14.9 Å². The molecule has 2 rings (SSSR count). The van der Waals surface area contributed by atoms with Crippen molar-refractivity contribution in [2.75, 3.05) is 30.8 Å². The molecule has 0 aliphatic carbocycles. The van der Waals surface area contributed by atoms with E-state index in [1.54, 1.807) is 24.3 Å². The molecule has 1 aromatic carbocycles. The van der Waals surface area contributed by atoms with Crippen LogP contribution in [0.5, 0.6) is 0 Å². The highest BCUT2D eigenvalue weighted by Crippen LogP contribution is 2.25. The minimum atomic E-state index is -0.392. The van der Waals surface area contributed by atoms with Crippen molar-refractivity contribution in [2.24, 2.45) is 0 Å². The summed E-state index contributed by atoms with van der Waals surface area (Å²) in [4.78, 5) is 22.0. The highest BCUT2D eigenvalue weighted by Gasteiger charge is 2.12. The van der Waals surface area contributed by atoms with E-state index in [1.165, 1.54) is 7.05 Å². The first kappa shape index (κ1) is 18.1. The molecule has 0 fully saturated rings. The lowest BCUT2D eigenvalue weighted by atomic mass is 10.2. The van der Waals surface area contributed by atoms with Crippen LogP contribution < -0.4 is 16.0 Å². The number of hydrogen-bond donors (Lipinski definition) is 3. The van der Waals surface area contributed by atoms with E-state index < -0.39 is 4.92 Å². The lowest BCUT2D eigenvalue weighted by Gasteiger charge is -2.09. The van der Waals surface area contributed by atoms with Crippen molar-refractivity contribution in [2.45, 2.75) is 13.3 Å². The summed E-state index contributed by atoms with van der Waals surface area (Å²) in [6, 6.07) is 8.35. The summed E-state index contributed by atoms with van der Waals surface area (Å²) in [5.74, 6) is 0.275. The number of nitro benzene ring substituents is 1. The Hall–Kier alpha value is -3.23. The Morgan fingerprint density at radius 1 is 1.16 bits per heavy atom. The predicted molar refractivity (Wildman–Crippen MR) is 94.9 cm³/mol. The highest BCUT2D eigenvalue weighted by molar-refractivity contribution is 5.91. The van der Waals surface area contributed by atoms with Gasteiger partial charge in [0.25, 0.3) is 11.6 Å². The second kappa shape index (κ2) is 8.57. The lowest BCUT2D eigenvalue weighted by molar-refractivity contribution is -0.384. The van der Waals surface area contributed by atoms with Gasteiger partial charge >= 0.3 is 0 Å².